The van der Waals surface area contributed by atoms with Crippen LogP contribution in [-0.4, -0.2) is 18.3 Å². The van der Waals surface area contributed by atoms with Gasteiger partial charge in [0.2, 0.25) is 5.91 Å². The van der Waals surface area contributed by atoms with E-state index in [2.05, 4.69) is 32.0 Å². The van der Waals surface area contributed by atoms with Crippen molar-refractivity contribution in [1.82, 2.24) is 0 Å². The number of amides is 1. The van der Waals surface area contributed by atoms with Crippen LogP contribution in [0.3, 0.4) is 0 Å². The first-order chi connectivity index (χ1) is 8.71. The third-order valence-electron chi connectivity index (χ3n) is 3.66. The van der Waals surface area contributed by atoms with Crippen molar-refractivity contribution >= 4 is 23.2 Å². The summed E-state index contributed by atoms with van der Waals surface area (Å²) in [4.78, 5) is 14.1. The van der Waals surface area contributed by atoms with E-state index in [1.54, 1.807) is 0 Å². The number of para-hydroxylation sites is 1. The summed E-state index contributed by atoms with van der Waals surface area (Å²) in [7, 11) is 0. The second-order valence-corrected chi connectivity index (χ2v) is 5.17. The van der Waals surface area contributed by atoms with Crippen molar-refractivity contribution in [3.63, 3.8) is 0 Å². The number of halogens is 1. The summed E-state index contributed by atoms with van der Waals surface area (Å²) in [5, 5.41) is 0. The highest BCUT2D eigenvalue weighted by atomic mass is 35.5. The van der Waals surface area contributed by atoms with Gasteiger partial charge >= 0.3 is 0 Å². The summed E-state index contributed by atoms with van der Waals surface area (Å²) in [5.74, 6) is 1.09. The summed E-state index contributed by atoms with van der Waals surface area (Å²) in [6, 6.07) is 6.33. The Bertz CT molecular complexity index is 422. The molecule has 2 rings (SSSR count). The molecule has 98 valence electrons. The predicted molar refractivity (Wildman–Crippen MR) is 76.4 cm³/mol. The zero-order valence-corrected chi connectivity index (χ0v) is 11.8. The molecular weight excluding hydrogens is 246 g/mol. The lowest BCUT2D eigenvalue weighted by Crippen LogP contribution is -2.27. The normalized spacial score (nSPS) is 19.6. The van der Waals surface area contributed by atoms with E-state index >= 15 is 0 Å². The maximum Gasteiger partial charge on any atom is 0.227 e. The molecule has 0 radical (unpaired) electrons. The van der Waals surface area contributed by atoms with Crippen LogP contribution in [0.4, 0.5) is 5.69 Å². The molecule has 1 aromatic rings. The van der Waals surface area contributed by atoms with Crippen molar-refractivity contribution in [3.8, 4) is 0 Å². The average molecular weight is 266 g/mol. The van der Waals surface area contributed by atoms with Gasteiger partial charge in [-0.25, -0.2) is 0 Å². The van der Waals surface area contributed by atoms with Crippen LogP contribution >= 0.6 is 11.6 Å². The minimum absolute atomic E-state index is 0.219. The number of hydrogen-bond donors (Lipinski definition) is 0. The zero-order valence-electron chi connectivity index (χ0n) is 11.1. The maximum absolute atomic E-state index is 12.1. The van der Waals surface area contributed by atoms with E-state index in [1.165, 1.54) is 11.1 Å². The van der Waals surface area contributed by atoms with Gasteiger partial charge in [-0.1, -0.05) is 32.0 Å². The van der Waals surface area contributed by atoms with Crippen molar-refractivity contribution < 1.29 is 4.79 Å². The van der Waals surface area contributed by atoms with Crippen molar-refractivity contribution in [1.29, 1.82) is 0 Å². The molecule has 1 aliphatic rings. The van der Waals surface area contributed by atoms with Crippen LogP contribution in [0.1, 0.15) is 31.4 Å². The number of rotatable bonds is 4. The summed E-state index contributed by atoms with van der Waals surface area (Å²) < 4.78 is 0. The number of aryl methyl sites for hydroxylation is 2. The molecule has 18 heavy (non-hydrogen) atoms. The van der Waals surface area contributed by atoms with Crippen molar-refractivity contribution in [2.45, 2.75) is 33.1 Å². The van der Waals surface area contributed by atoms with Gasteiger partial charge in [0, 0.05) is 24.5 Å². The van der Waals surface area contributed by atoms with E-state index < -0.39 is 0 Å². The third kappa shape index (κ3) is 2.39. The van der Waals surface area contributed by atoms with Crippen LogP contribution in [0.15, 0.2) is 18.2 Å². The molecule has 1 amide bonds. The molecule has 1 saturated heterocycles. The van der Waals surface area contributed by atoms with Gasteiger partial charge in [0.05, 0.1) is 0 Å². The second kappa shape index (κ2) is 5.75. The fourth-order valence-corrected chi connectivity index (χ4v) is 2.87. The Kier molecular flexibility index (Phi) is 4.28. The second-order valence-electron chi connectivity index (χ2n) is 4.86. The Hall–Kier alpha value is -1.02. The molecule has 0 aromatic heterocycles. The number of carbonyl (C=O) groups excluding carboxylic acids is 1. The third-order valence-corrected chi connectivity index (χ3v) is 4.09. The molecule has 1 unspecified atom stereocenters. The predicted octanol–water partition coefficient (Wildman–Crippen LogP) is 3.40. The molecule has 0 aliphatic carbocycles. The number of carbonyl (C=O) groups is 1. The molecule has 1 aliphatic heterocycles. The maximum atomic E-state index is 12.1. The first-order valence-electron chi connectivity index (χ1n) is 6.68. The highest BCUT2D eigenvalue weighted by molar-refractivity contribution is 6.18. The fourth-order valence-electron chi connectivity index (χ4n) is 2.66. The minimum Gasteiger partial charge on any atom is -0.312 e. The van der Waals surface area contributed by atoms with Crippen LogP contribution < -0.4 is 4.90 Å². The summed E-state index contributed by atoms with van der Waals surface area (Å²) in [6.45, 7) is 5.04. The first kappa shape index (κ1) is 13.4. The highest BCUT2D eigenvalue weighted by Crippen LogP contribution is 2.32. The van der Waals surface area contributed by atoms with Gasteiger partial charge < -0.3 is 4.90 Å². The molecule has 3 heteroatoms. The standard InChI is InChI=1S/C15H20ClNO/c1-3-12-6-5-7-13(4-2)15(12)17-10-11(9-16)8-14(17)18/h5-7,11H,3-4,8-10H2,1-2H3. The van der Waals surface area contributed by atoms with Gasteiger partial charge in [-0.2, -0.15) is 0 Å². The van der Waals surface area contributed by atoms with Gasteiger partial charge in [-0.15, -0.1) is 11.6 Å². The highest BCUT2D eigenvalue weighted by Gasteiger charge is 2.31. The molecule has 0 saturated carbocycles. The first-order valence-corrected chi connectivity index (χ1v) is 7.21. The van der Waals surface area contributed by atoms with E-state index in [4.69, 9.17) is 11.6 Å². The van der Waals surface area contributed by atoms with Crippen LogP contribution in [0.25, 0.3) is 0 Å². The minimum atomic E-state index is 0.219. The molecule has 1 atom stereocenters. The van der Waals surface area contributed by atoms with Crippen LogP contribution in [-0.2, 0) is 17.6 Å². The van der Waals surface area contributed by atoms with E-state index in [-0.39, 0.29) is 5.91 Å². The summed E-state index contributed by atoms with van der Waals surface area (Å²) >= 11 is 5.89. The Balaban J connectivity index is 2.40. The average Bonchev–Trinajstić information content (AvgIpc) is 2.78. The van der Waals surface area contributed by atoms with Gasteiger partial charge in [0.1, 0.15) is 0 Å². The number of nitrogens with zero attached hydrogens (tertiary/aromatic N) is 1. The van der Waals surface area contributed by atoms with E-state index in [1.807, 2.05) is 4.90 Å². The van der Waals surface area contributed by atoms with E-state index in [0.717, 1.165) is 25.1 Å². The van der Waals surface area contributed by atoms with Crippen molar-refractivity contribution in [2.24, 2.45) is 5.92 Å². The van der Waals surface area contributed by atoms with Crippen LogP contribution in [0.5, 0.6) is 0 Å². The number of benzene rings is 1. The smallest absolute Gasteiger partial charge is 0.227 e. The van der Waals surface area contributed by atoms with Gasteiger partial charge in [0.15, 0.2) is 0 Å². The summed E-state index contributed by atoms with van der Waals surface area (Å²) in [6.07, 6.45) is 2.50. The fraction of sp³-hybridized carbons (Fsp3) is 0.533. The number of hydrogen-bond acceptors (Lipinski definition) is 1. The molecule has 1 heterocycles. The Morgan fingerprint density at radius 2 is 1.89 bits per heavy atom. The molecule has 2 nitrogen and oxygen atoms in total. The molecular formula is C15H20ClNO. The Morgan fingerprint density at radius 3 is 2.33 bits per heavy atom. The van der Waals surface area contributed by atoms with E-state index in [0.29, 0.717) is 18.2 Å². The van der Waals surface area contributed by atoms with Crippen LogP contribution in [0.2, 0.25) is 0 Å². The Labute approximate surface area is 114 Å². The van der Waals surface area contributed by atoms with Crippen molar-refractivity contribution in [3.05, 3.63) is 29.3 Å². The lowest BCUT2D eigenvalue weighted by atomic mass is 10.0. The largest absolute Gasteiger partial charge is 0.312 e. The van der Waals surface area contributed by atoms with Gasteiger partial charge in [-0.05, 0) is 29.9 Å². The quantitative estimate of drug-likeness (QED) is 0.764. The lowest BCUT2D eigenvalue weighted by molar-refractivity contribution is -0.117. The molecule has 0 N–H and O–H groups in total. The van der Waals surface area contributed by atoms with Gasteiger partial charge in [-0.3, -0.25) is 4.79 Å². The monoisotopic (exact) mass is 265 g/mol. The molecule has 0 spiro atoms. The number of alkyl halides is 1. The lowest BCUT2D eigenvalue weighted by Gasteiger charge is -2.23. The SMILES string of the molecule is CCc1cccc(CC)c1N1CC(CCl)CC1=O. The number of anilines is 1. The van der Waals surface area contributed by atoms with Crippen LogP contribution in [0, 0.1) is 5.92 Å². The topological polar surface area (TPSA) is 20.3 Å². The summed E-state index contributed by atoms with van der Waals surface area (Å²) in [5.41, 5.74) is 3.66. The molecule has 1 aromatic carbocycles. The molecule has 1 fully saturated rings. The Morgan fingerprint density at radius 1 is 1.28 bits per heavy atom. The zero-order chi connectivity index (χ0) is 13.1. The van der Waals surface area contributed by atoms with Crippen molar-refractivity contribution in [2.75, 3.05) is 17.3 Å². The van der Waals surface area contributed by atoms with Gasteiger partial charge in [0.25, 0.3) is 0 Å². The van der Waals surface area contributed by atoms with E-state index in [9.17, 15) is 4.79 Å². The molecule has 0 bridgehead atoms.